The third-order valence-corrected chi connectivity index (χ3v) is 2.35. The monoisotopic (exact) mass is 222 g/mol. The Morgan fingerprint density at radius 3 is 2.77 bits per heavy atom. The molecule has 0 unspecified atom stereocenters. The molecule has 72 valence electrons. The van der Waals surface area contributed by atoms with Crippen molar-refractivity contribution >= 4 is 29.5 Å². The average molecular weight is 223 g/mol. The molecule has 0 heterocycles. The van der Waals surface area contributed by atoms with Crippen molar-refractivity contribution in [1.29, 1.82) is 0 Å². The zero-order chi connectivity index (χ0) is 10.1. The first-order valence-electron chi connectivity index (χ1n) is 3.43. The van der Waals surface area contributed by atoms with Crippen molar-refractivity contribution in [2.75, 3.05) is 0 Å². The van der Waals surface area contributed by atoms with E-state index in [2.05, 4.69) is 5.43 Å². The van der Waals surface area contributed by atoms with E-state index in [0.29, 0.717) is 6.29 Å². The van der Waals surface area contributed by atoms with Gasteiger partial charge in [-0.05, 0) is 12.2 Å². The van der Waals surface area contributed by atoms with Gasteiger partial charge in [0.1, 0.15) is 17.9 Å². The Morgan fingerprint density at radius 1 is 1.69 bits per heavy atom. The van der Waals surface area contributed by atoms with Crippen molar-refractivity contribution in [2.45, 2.75) is 11.6 Å². The molecule has 13 heavy (non-hydrogen) atoms. The van der Waals surface area contributed by atoms with Gasteiger partial charge in [0.2, 0.25) is 0 Å². The minimum Gasteiger partial charge on any atom is -0.385 e. The third kappa shape index (κ3) is 1.77. The Kier molecular flexibility index (Phi) is 3.10. The van der Waals surface area contributed by atoms with Crippen LogP contribution in [-0.4, -0.2) is 23.0 Å². The fourth-order valence-corrected chi connectivity index (χ4v) is 1.69. The van der Waals surface area contributed by atoms with E-state index >= 15 is 0 Å². The van der Waals surface area contributed by atoms with Gasteiger partial charge in [-0.3, -0.25) is 5.84 Å². The Balaban J connectivity index is 3.13. The van der Waals surface area contributed by atoms with E-state index in [0.717, 1.165) is 0 Å². The summed E-state index contributed by atoms with van der Waals surface area (Å²) in [4.78, 5) is 10.7. The van der Waals surface area contributed by atoms with Crippen molar-refractivity contribution < 1.29 is 9.90 Å². The highest BCUT2D eigenvalue weighted by molar-refractivity contribution is 6.35. The maximum atomic E-state index is 10.7. The minimum atomic E-state index is -1.43. The minimum absolute atomic E-state index is 0.0672. The quantitative estimate of drug-likeness (QED) is 0.350. The van der Waals surface area contributed by atoms with Crippen molar-refractivity contribution in [3.8, 4) is 0 Å². The molecule has 0 aliphatic heterocycles. The van der Waals surface area contributed by atoms with E-state index in [9.17, 15) is 9.90 Å². The molecule has 0 fully saturated rings. The highest BCUT2D eigenvalue weighted by atomic mass is 35.5. The van der Waals surface area contributed by atoms with Crippen LogP contribution in [0.3, 0.4) is 0 Å². The summed E-state index contributed by atoms with van der Waals surface area (Å²) in [6, 6.07) is 0. The molecule has 1 aliphatic carbocycles. The highest BCUT2D eigenvalue weighted by Crippen LogP contribution is 2.29. The largest absolute Gasteiger partial charge is 0.385 e. The van der Waals surface area contributed by atoms with Gasteiger partial charge in [-0.25, -0.2) is 5.43 Å². The van der Waals surface area contributed by atoms with E-state index in [1.807, 2.05) is 0 Å². The number of aldehydes is 1. The summed E-state index contributed by atoms with van der Waals surface area (Å²) in [5.41, 5.74) is 0.746. The molecule has 0 radical (unpaired) electrons. The number of carbonyl (C=O) groups excluding carboxylic acids is 1. The summed E-state index contributed by atoms with van der Waals surface area (Å²) >= 11 is 11.3. The number of halogens is 2. The summed E-state index contributed by atoms with van der Waals surface area (Å²) in [5.74, 6) is 5.13. The molecular formula is C7H8Cl2N2O2. The van der Waals surface area contributed by atoms with Crippen LogP contribution < -0.4 is 11.3 Å². The molecule has 0 bridgehead atoms. The van der Waals surface area contributed by atoms with Gasteiger partial charge < -0.3 is 9.90 Å². The lowest BCUT2D eigenvalue weighted by molar-refractivity contribution is -0.114. The topological polar surface area (TPSA) is 75.3 Å². The number of nitrogens with one attached hydrogen (secondary N) is 1. The molecule has 4 N–H and O–H groups in total. The van der Waals surface area contributed by atoms with Crippen molar-refractivity contribution in [3.63, 3.8) is 0 Å². The summed E-state index contributed by atoms with van der Waals surface area (Å²) in [5, 5.41) is 9.85. The second-order valence-electron chi connectivity index (χ2n) is 2.66. The number of carbonyl (C=O) groups is 1. The lowest BCUT2D eigenvalue weighted by atomic mass is 9.90. The predicted molar refractivity (Wildman–Crippen MR) is 50.0 cm³/mol. The lowest BCUT2D eigenvalue weighted by Gasteiger charge is -2.31. The summed E-state index contributed by atoms with van der Waals surface area (Å²) < 4.78 is 0. The van der Waals surface area contributed by atoms with Gasteiger partial charge >= 0.3 is 0 Å². The second kappa shape index (κ2) is 3.77. The summed E-state index contributed by atoms with van der Waals surface area (Å²) in [7, 11) is 0. The van der Waals surface area contributed by atoms with E-state index in [4.69, 9.17) is 29.0 Å². The number of hydrazine groups is 1. The molecule has 6 heteroatoms. The van der Waals surface area contributed by atoms with Crippen LogP contribution in [0.1, 0.15) is 0 Å². The van der Waals surface area contributed by atoms with Crippen LogP contribution in [0.25, 0.3) is 0 Å². The van der Waals surface area contributed by atoms with Gasteiger partial charge in [0.25, 0.3) is 0 Å². The molecule has 2 atom stereocenters. The highest BCUT2D eigenvalue weighted by Gasteiger charge is 2.39. The maximum Gasteiger partial charge on any atom is 0.148 e. The zero-order valence-electron chi connectivity index (χ0n) is 6.50. The van der Waals surface area contributed by atoms with Crippen LogP contribution in [0.5, 0.6) is 0 Å². The maximum absolute atomic E-state index is 10.7. The number of allylic oxidation sites excluding steroid dienone is 2. The van der Waals surface area contributed by atoms with Crippen molar-refractivity contribution in [2.24, 2.45) is 5.84 Å². The third-order valence-electron chi connectivity index (χ3n) is 1.81. The van der Waals surface area contributed by atoms with Gasteiger partial charge in [-0.2, -0.15) is 0 Å². The fourth-order valence-electron chi connectivity index (χ4n) is 1.04. The molecule has 1 rings (SSSR count). The Morgan fingerprint density at radius 2 is 2.31 bits per heavy atom. The van der Waals surface area contributed by atoms with Gasteiger partial charge in [0, 0.05) is 5.03 Å². The molecule has 0 aromatic rings. The van der Waals surface area contributed by atoms with Crippen LogP contribution in [0.4, 0.5) is 0 Å². The molecule has 0 saturated heterocycles. The SMILES string of the molecule is NN[C@]1(C=O)C=C(Cl)C=C(Cl)[C@@H]1O. The fraction of sp³-hybridized carbons (Fsp3) is 0.286. The van der Waals surface area contributed by atoms with Crippen LogP contribution >= 0.6 is 23.2 Å². The van der Waals surface area contributed by atoms with Crippen LogP contribution in [0.15, 0.2) is 22.2 Å². The van der Waals surface area contributed by atoms with E-state index in [1.165, 1.54) is 12.2 Å². The average Bonchev–Trinajstić information content (AvgIpc) is 2.11. The van der Waals surface area contributed by atoms with Crippen molar-refractivity contribution in [1.82, 2.24) is 5.43 Å². The smallest absolute Gasteiger partial charge is 0.148 e. The first-order chi connectivity index (χ1) is 6.05. The molecular weight excluding hydrogens is 215 g/mol. The van der Waals surface area contributed by atoms with Crippen LogP contribution in [0.2, 0.25) is 0 Å². The first-order valence-corrected chi connectivity index (χ1v) is 4.19. The van der Waals surface area contributed by atoms with Crippen LogP contribution in [-0.2, 0) is 4.79 Å². The predicted octanol–water partition coefficient (Wildman–Crippen LogP) is 0.00730. The Hall–Kier alpha value is -0.390. The first kappa shape index (κ1) is 10.7. The molecule has 0 spiro atoms. The van der Waals surface area contributed by atoms with E-state index in [-0.39, 0.29) is 10.1 Å². The molecule has 0 aromatic heterocycles. The van der Waals surface area contributed by atoms with Gasteiger partial charge in [-0.1, -0.05) is 23.2 Å². The van der Waals surface area contributed by atoms with Gasteiger partial charge in [0.05, 0.1) is 5.03 Å². The number of aliphatic hydroxyl groups excluding tert-OH is 1. The second-order valence-corrected chi connectivity index (χ2v) is 3.53. The van der Waals surface area contributed by atoms with Gasteiger partial charge in [-0.15, -0.1) is 0 Å². The number of rotatable bonds is 2. The van der Waals surface area contributed by atoms with Crippen molar-refractivity contribution in [3.05, 3.63) is 22.2 Å². The number of hydrogen-bond donors (Lipinski definition) is 3. The molecule has 0 amide bonds. The summed E-state index contributed by atoms with van der Waals surface area (Å²) in [6.07, 6.45) is 1.90. The Bertz CT molecular complexity index is 290. The standard InChI is InChI=1S/C7H8Cl2N2O2/c8-4-1-5(9)6(13)7(2-4,3-12)11-10/h1-3,6,11,13H,10H2/t6-,7-/m0/s1. The van der Waals surface area contributed by atoms with Gasteiger partial charge in [0.15, 0.2) is 0 Å². The molecule has 0 saturated carbocycles. The molecule has 1 aliphatic rings. The lowest BCUT2D eigenvalue weighted by Crippen LogP contribution is -2.58. The normalized spacial score (nSPS) is 33.7. The zero-order valence-corrected chi connectivity index (χ0v) is 8.01. The molecule has 4 nitrogen and oxygen atoms in total. The van der Waals surface area contributed by atoms with E-state index < -0.39 is 11.6 Å². The number of nitrogens with two attached hydrogens (primary N) is 1. The number of hydrogen-bond acceptors (Lipinski definition) is 4. The van der Waals surface area contributed by atoms with Crippen LogP contribution in [0, 0.1) is 0 Å². The number of aliphatic hydroxyl groups is 1. The Labute approximate surface area is 85.0 Å². The summed E-state index contributed by atoms with van der Waals surface area (Å²) in [6.45, 7) is 0. The molecule has 0 aromatic carbocycles. The van der Waals surface area contributed by atoms with E-state index in [1.54, 1.807) is 0 Å².